The predicted octanol–water partition coefficient (Wildman–Crippen LogP) is 3.79. The van der Waals surface area contributed by atoms with Gasteiger partial charge in [0, 0.05) is 31.9 Å². The van der Waals surface area contributed by atoms with E-state index in [0.717, 1.165) is 0 Å². The van der Waals surface area contributed by atoms with Crippen molar-refractivity contribution in [3.63, 3.8) is 0 Å². The molecule has 3 aromatic rings. The van der Waals surface area contributed by atoms with Gasteiger partial charge in [0.2, 0.25) is 0 Å². The fourth-order valence-electron chi connectivity index (χ4n) is 3.53. The van der Waals surface area contributed by atoms with Gasteiger partial charge >= 0.3 is 18.2 Å². The van der Waals surface area contributed by atoms with Gasteiger partial charge in [0.15, 0.2) is 11.5 Å². The molecule has 8 nitrogen and oxygen atoms in total. The predicted molar refractivity (Wildman–Crippen MR) is 115 cm³/mol. The molecule has 172 valence electrons. The van der Waals surface area contributed by atoms with Gasteiger partial charge in [0.1, 0.15) is 0 Å². The molecule has 0 unspecified atom stereocenters. The number of ether oxygens (including phenoxy) is 1. The molecule has 1 aromatic heterocycles. The van der Waals surface area contributed by atoms with E-state index < -0.39 is 17.8 Å². The normalized spacial score (nSPS) is 14.3. The molecule has 1 aliphatic heterocycles. The van der Waals surface area contributed by atoms with Crippen molar-refractivity contribution in [1.29, 1.82) is 0 Å². The smallest absolute Gasteiger partial charge is 0.437 e. The summed E-state index contributed by atoms with van der Waals surface area (Å²) in [4.78, 5) is 35.1. The molecule has 2 amide bonds. The fraction of sp³-hybridized carbons (Fsp3) is 0.273. The van der Waals surface area contributed by atoms with Crippen LogP contribution in [0, 0.1) is 0 Å². The Balaban J connectivity index is 1.45. The maximum Gasteiger partial charge on any atom is 0.437 e. The molecule has 0 saturated carbocycles. The zero-order valence-corrected chi connectivity index (χ0v) is 17.6. The van der Waals surface area contributed by atoms with Crippen molar-refractivity contribution in [2.75, 3.05) is 43.5 Å². The van der Waals surface area contributed by atoms with Gasteiger partial charge in [-0.2, -0.15) is 13.2 Å². The number of halogens is 3. The van der Waals surface area contributed by atoms with Gasteiger partial charge in [-0.25, -0.2) is 19.6 Å². The van der Waals surface area contributed by atoms with Crippen LogP contribution in [-0.2, 0) is 10.9 Å². The third-order valence-corrected chi connectivity index (χ3v) is 5.24. The molecule has 1 aliphatic rings. The fourth-order valence-corrected chi connectivity index (χ4v) is 3.53. The lowest BCUT2D eigenvalue weighted by Gasteiger charge is -2.36. The molecule has 33 heavy (non-hydrogen) atoms. The minimum atomic E-state index is -4.66. The number of aromatic nitrogens is 2. The molecule has 0 spiro atoms. The van der Waals surface area contributed by atoms with E-state index >= 15 is 0 Å². The molecule has 11 heteroatoms. The number of fused-ring (bicyclic) bond motifs is 1. The number of carbonyl (C=O) groups excluding carboxylic acids is 2. The second kappa shape index (κ2) is 8.93. The molecule has 1 fully saturated rings. The van der Waals surface area contributed by atoms with Gasteiger partial charge in [-0.3, -0.25) is 0 Å². The van der Waals surface area contributed by atoms with Crippen LogP contribution in [0.25, 0.3) is 11.0 Å². The lowest BCUT2D eigenvalue weighted by atomic mass is 10.2. The molecule has 0 atom stereocenters. The Kier molecular flexibility index (Phi) is 6.03. The number of rotatable bonds is 3. The topological polar surface area (TPSA) is 87.7 Å². The highest BCUT2D eigenvalue weighted by atomic mass is 19.4. The van der Waals surface area contributed by atoms with Gasteiger partial charge in [-0.05, 0) is 36.4 Å². The molecular formula is C22H20F3N5O3. The zero-order valence-electron chi connectivity index (χ0n) is 17.6. The summed E-state index contributed by atoms with van der Waals surface area (Å²) >= 11 is 0. The molecular weight excluding hydrogens is 439 g/mol. The minimum absolute atomic E-state index is 0.171. The first-order chi connectivity index (χ1) is 15.8. The van der Waals surface area contributed by atoms with Gasteiger partial charge in [-0.15, -0.1) is 0 Å². The minimum Gasteiger partial charge on any atom is -0.465 e. The number of amides is 2. The Hall–Kier alpha value is -3.89. The number of esters is 1. The summed E-state index contributed by atoms with van der Waals surface area (Å²) in [5.74, 6) is -0.723. The number of hydrogen-bond donors (Lipinski definition) is 1. The largest absolute Gasteiger partial charge is 0.465 e. The van der Waals surface area contributed by atoms with Gasteiger partial charge in [0.25, 0.3) is 0 Å². The third-order valence-electron chi connectivity index (χ3n) is 5.24. The van der Waals surface area contributed by atoms with E-state index in [4.69, 9.17) is 0 Å². The summed E-state index contributed by atoms with van der Waals surface area (Å²) in [5, 5.41) is 2.72. The van der Waals surface area contributed by atoms with Crippen LogP contribution in [0.4, 0.5) is 29.5 Å². The van der Waals surface area contributed by atoms with Crippen LogP contribution in [0.15, 0.2) is 48.5 Å². The van der Waals surface area contributed by atoms with Gasteiger partial charge in [0.05, 0.1) is 23.7 Å². The van der Waals surface area contributed by atoms with Gasteiger partial charge in [-0.1, -0.05) is 12.1 Å². The highest BCUT2D eigenvalue weighted by Crippen LogP contribution is 2.35. The average Bonchev–Trinajstić information content (AvgIpc) is 2.82. The van der Waals surface area contributed by atoms with Crippen LogP contribution in [0.1, 0.15) is 16.1 Å². The number of alkyl halides is 3. The highest BCUT2D eigenvalue weighted by Gasteiger charge is 2.39. The number of nitrogens with zero attached hydrogens (tertiary/aromatic N) is 4. The van der Waals surface area contributed by atoms with Crippen LogP contribution in [0.5, 0.6) is 0 Å². The Morgan fingerprint density at radius 1 is 0.939 bits per heavy atom. The van der Waals surface area contributed by atoms with Gasteiger partial charge < -0.3 is 19.9 Å². The zero-order chi connectivity index (χ0) is 23.6. The van der Waals surface area contributed by atoms with Crippen LogP contribution >= 0.6 is 0 Å². The second-order valence-corrected chi connectivity index (χ2v) is 7.36. The standard InChI is InChI=1S/C22H20F3N5O3/c1-33-20(31)14-6-8-15(9-7-14)26-21(32)30-12-10-29(11-13-30)19-18(22(23,24)25)27-16-4-2-3-5-17(16)28-19/h2-9H,10-13H2,1H3,(H,26,32). The van der Waals surface area contributed by atoms with Crippen LogP contribution in [-0.4, -0.2) is 60.2 Å². The first-order valence-electron chi connectivity index (χ1n) is 10.1. The summed E-state index contributed by atoms with van der Waals surface area (Å²) in [6.45, 7) is 0.755. The lowest BCUT2D eigenvalue weighted by molar-refractivity contribution is -0.140. The van der Waals surface area contributed by atoms with Crippen molar-refractivity contribution in [3.05, 3.63) is 59.8 Å². The Labute approximate surface area is 187 Å². The van der Waals surface area contributed by atoms with Crippen molar-refractivity contribution < 1.29 is 27.5 Å². The summed E-state index contributed by atoms with van der Waals surface area (Å²) in [6, 6.07) is 12.2. The quantitative estimate of drug-likeness (QED) is 0.600. The second-order valence-electron chi connectivity index (χ2n) is 7.36. The number of anilines is 2. The van der Waals surface area contributed by atoms with Crippen molar-refractivity contribution in [2.24, 2.45) is 0 Å². The Morgan fingerprint density at radius 2 is 1.55 bits per heavy atom. The third kappa shape index (κ3) is 4.81. The number of methoxy groups -OCH3 is 1. The molecule has 2 heterocycles. The first-order valence-corrected chi connectivity index (χ1v) is 10.1. The Bertz CT molecular complexity index is 1180. The van der Waals surface area contributed by atoms with E-state index in [1.807, 2.05) is 0 Å². The highest BCUT2D eigenvalue weighted by molar-refractivity contribution is 5.92. The maximum atomic E-state index is 13.6. The molecule has 4 rings (SSSR count). The lowest BCUT2D eigenvalue weighted by Crippen LogP contribution is -2.50. The van der Waals surface area contributed by atoms with Crippen molar-refractivity contribution >= 4 is 34.5 Å². The number of benzene rings is 2. The van der Waals surface area contributed by atoms with E-state index in [1.54, 1.807) is 30.3 Å². The van der Waals surface area contributed by atoms with E-state index in [-0.39, 0.29) is 43.5 Å². The summed E-state index contributed by atoms with van der Waals surface area (Å²) in [5.41, 5.74) is 0.335. The van der Waals surface area contributed by atoms with Crippen LogP contribution in [0.2, 0.25) is 0 Å². The van der Waals surface area contributed by atoms with Crippen molar-refractivity contribution in [1.82, 2.24) is 14.9 Å². The molecule has 1 saturated heterocycles. The number of urea groups is 1. The maximum absolute atomic E-state index is 13.6. The molecule has 0 bridgehead atoms. The summed E-state index contributed by atoms with van der Waals surface area (Å²) < 4.78 is 45.6. The monoisotopic (exact) mass is 459 g/mol. The van der Waals surface area contributed by atoms with E-state index in [1.165, 1.54) is 35.1 Å². The van der Waals surface area contributed by atoms with Crippen molar-refractivity contribution in [2.45, 2.75) is 6.18 Å². The Morgan fingerprint density at radius 3 is 2.12 bits per heavy atom. The van der Waals surface area contributed by atoms with Crippen molar-refractivity contribution in [3.8, 4) is 0 Å². The number of para-hydroxylation sites is 2. The van der Waals surface area contributed by atoms with Crippen LogP contribution in [0.3, 0.4) is 0 Å². The van der Waals surface area contributed by atoms with E-state index in [0.29, 0.717) is 16.8 Å². The number of hydrogen-bond acceptors (Lipinski definition) is 6. The SMILES string of the molecule is COC(=O)c1ccc(NC(=O)N2CCN(c3nc4ccccc4nc3C(F)(F)F)CC2)cc1. The number of piperazine rings is 1. The van der Waals surface area contributed by atoms with Crippen LogP contribution < -0.4 is 10.2 Å². The summed E-state index contributed by atoms with van der Waals surface area (Å²) in [7, 11) is 1.28. The van der Waals surface area contributed by atoms with E-state index in [9.17, 15) is 22.8 Å². The van der Waals surface area contributed by atoms with E-state index in [2.05, 4.69) is 20.0 Å². The molecule has 0 aliphatic carbocycles. The summed E-state index contributed by atoms with van der Waals surface area (Å²) in [6.07, 6.45) is -4.66. The number of carbonyl (C=O) groups is 2. The number of nitrogens with one attached hydrogen (secondary N) is 1. The molecule has 1 N–H and O–H groups in total. The molecule has 0 radical (unpaired) electrons. The molecule has 2 aromatic carbocycles. The first kappa shape index (κ1) is 22.3. The average molecular weight is 459 g/mol.